The molecule has 0 aliphatic heterocycles. The van der Waals surface area contributed by atoms with E-state index in [0.29, 0.717) is 17.3 Å². The second kappa shape index (κ2) is 10.7. The van der Waals surface area contributed by atoms with E-state index in [4.69, 9.17) is 4.74 Å². The van der Waals surface area contributed by atoms with Crippen molar-refractivity contribution in [3.8, 4) is 0 Å². The summed E-state index contributed by atoms with van der Waals surface area (Å²) >= 11 is 0. The van der Waals surface area contributed by atoms with E-state index in [1.54, 1.807) is 12.1 Å². The molecular weight excluding hydrogens is 382 g/mol. The van der Waals surface area contributed by atoms with Crippen molar-refractivity contribution < 1.29 is 19.4 Å². The van der Waals surface area contributed by atoms with Crippen LogP contribution >= 0.6 is 0 Å². The maximum atomic E-state index is 13.0. The Morgan fingerprint density at radius 1 is 1.13 bits per heavy atom. The van der Waals surface area contributed by atoms with Crippen molar-refractivity contribution in [3.05, 3.63) is 59.8 Å². The van der Waals surface area contributed by atoms with Crippen LogP contribution in [0.2, 0.25) is 0 Å². The van der Waals surface area contributed by atoms with Gasteiger partial charge in [0.05, 0.1) is 6.61 Å². The number of nitrogens with one attached hydrogen (secondary N) is 2. The molecule has 2 amide bonds. The molecule has 1 aliphatic rings. The van der Waals surface area contributed by atoms with E-state index in [1.807, 2.05) is 30.3 Å². The molecule has 1 aromatic carbocycles. The highest BCUT2D eigenvalue weighted by molar-refractivity contribution is 5.96. The lowest BCUT2D eigenvalue weighted by Gasteiger charge is -2.32. The van der Waals surface area contributed by atoms with Crippen LogP contribution in [0.25, 0.3) is 0 Å². The second-order valence-electron chi connectivity index (χ2n) is 7.90. The molecule has 0 radical (unpaired) electrons. The van der Waals surface area contributed by atoms with Crippen LogP contribution in [0.1, 0.15) is 43.7 Å². The topological polar surface area (TPSA) is 101 Å². The van der Waals surface area contributed by atoms with Gasteiger partial charge in [-0.15, -0.1) is 0 Å². The summed E-state index contributed by atoms with van der Waals surface area (Å²) in [7, 11) is 0. The van der Waals surface area contributed by atoms with Crippen LogP contribution in [0.4, 0.5) is 10.6 Å². The van der Waals surface area contributed by atoms with Crippen molar-refractivity contribution in [1.82, 2.24) is 10.3 Å². The normalized spacial score (nSPS) is 19.5. The number of hydrogen-bond acceptors (Lipinski definition) is 5. The minimum absolute atomic E-state index is 0.0338. The van der Waals surface area contributed by atoms with Gasteiger partial charge in [0.1, 0.15) is 18.5 Å². The van der Waals surface area contributed by atoms with Crippen LogP contribution in [0.15, 0.2) is 48.7 Å². The zero-order chi connectivity index (χ0) is 21.3. The number of carbonyl (C=O) groups is 2. The third-order valence-electron chi connectivity index (χ3n) is 5.56. The molecule has 3 N–H and O–H groups in total. The van der Waals surface area contributed by atoms with Crippen LogP contribution in [-0.2, 0) is 22.7 Å². The number of ether oxygens (including phenoxy) is 1. The minimum atomic E-state index is -0.708. The average molecular weight is 412 g/mol. The number of aliphatic hydroxyl groups excluding tert-OH is 1. The molecule has 1 aliphatic carbocycles. The SMILES string of the molecule is CC1CCC([C@H](NC(=O)OCc2ccccc2)C(=O)Nc2cc(CO)ccn2)CC1. The highest BCUT2D eigenvalue weighted by Crippen LogP contribution is 2.31. The number of hydrogen-bond donors (Lipinski definition) is 3. The standard InChI is InChI=1S/C23H29N3O4/c1-16-7-9-19(10-8-16)21(22(28)25-20-13-18(14-27)11-12-24-20)26-23(29)30-15-17-5-3-2-4-6-17/h2-6,11-13,16,19,21,27H,7-10,14-15H2,1H3,(H,26,29)(H,24,25,28)/t16?,19?,21-/m0/s1. The molecule has 1 heterocycles. The summed E-state index contributed by atoms with van der Waals surface area (Å²) in [6.45, 7) is 2.21. The summed E-state index contributed by atoms with van der Waals surface area (Å²) in [5, 5.41) is 14.8. The van der Waals surface area contributed by atoms with Gasteiger partial charge >= 0.3 is 6.09 Å². The molecule has 0 unspecified atom stereocenters. The Kier molecular flexibility index (Phi) is 7.79. The summed E-state index contributed by atoms with van der Waals surface area (Å²) in [4.78, 5) is 29.6. The largest absolute Gasteiger partial charge is 0.445 e. The number of nitrogens with zero attached hydrogens (tertiary/aromatic N) is 1. The number of anilines is 1. The van der Waals surface area contributed by atoms with Crippen molar-refractivity contribution in [2.75, 3.05) is 5.32 Å². The van der Waals surface area contributed by atoms with Crippen LogP contribution in [0.3, 0.4) is 0 Å². The summed E-state index contributed by atoms with van der Waals surface area (Å²) in [5.74, 6) is 0.679. The average Bonchev–Trinajstić information content (AvgIpc) is 2.77. The fourth-order valence-electron chi connectivity index (χ4n) is 3.75. The van der Waals surface area contributed by atoms with E-state index >= 15 is 0 Å². The molecule has 160 valence electrons. The van der Waals surface area contributed by atoms with E-state index in [1.165, 1.54) is 6.20 Å². The van der Waals surface area contributed by atoms with Crippen LogP contribution in [-0.4, -0.2) is 28.1 Å². The lowest BCUT2D eigenvalue weighted by Crippen LogP contribution is -2.49. The summed E-state index contributed by atoms with van der Waals surface area (Å²) in [6, 6.07) is 12.0. The van der Waals surface area contributed by atoms with E-state index in [9.17, 15) is 14.7 Å². The number of benzene rings is 1. The Balaban J connectivity index is 1.66. The van der Waals surface area contributed by atoms with Crippen molar-refractivity contribution in [2.24, 2.45) is 11.8 Å². The molecule has 1 saturated carbocycles. The third-order valence-corrected chi connectivity index (χ3v) is 5.56. The molecule has 3 rings (SSSR count). The van der Waals surface area contributed by atoms with Crippen molar-refractivity contribution in [2.45, 2.75) is 51.9 Å². The molecule has 1 aromatic heterocycles. The van der Waals surface area contributed by atoms with Crippen LogP contribution < -0.4 is 10.6 Å². The first-order valence-corrected chi connectivity index (χ1v) is 10.4. The molecular formula is C23H29N3O4. The van der Waals surface area contributed by atoms with Gasteiger partial charge in [-0.25, -0.2) is 9.78 Å². The van der Waals surface area contributed by atoms with Crippen LogP contribution in [0.5, 0.6) is 0 Å². The van der Waals surface area contributed by atoms with E-state index < -0.39 is 12.1 Å². The molecule has 0 saturated heterocycles. The lowest BCUT2D eigenvalue weighted by atomic mass is 9.79. The second-order valence-corrected chi connectivity index (χ2v) is 7.90. The fourth-order valence-corrected chi connectivity index (χ4v) is 3.75. The highest BCUT2D eigenvalue weighted by atomic mass is 16.5. The van der Waals surface area contributed by atoms with E-state index in [0.717, 1.165) is 31.2 Å². The first-order valence-electron chi connectivity index (χ1n) is 10.4. The van der Waals surface area contributed by atoms with Gasteiger partial charge in [-0.05, 0) is 47.9 Å². The van der Waals surface area contributed by atoms with Crippen molar-refractivity contribution in [3.63, 3.8) is 0 Å². The predicted molar refractivity (Wildman–Crippen MR) is 113 cm³/mol. The van der Waals surface area contributed by atoms with Gasteiger partial charge in [-0.1, -0.05) is 50.1 Å². The molecule has 1 atom stereocenters. The van der Waals surface area contributed by atoms with Gasteiger partial charge in [0.2, 0.25) is 5.91 Å². The molecule has 7 nitrogen and oxygen atoms in total. The predicted octanol–water partition coefficient (Wildman–Crippen LogP) is 3.63. The lowest BCUT2D eigenvalue weighted by molar-refractivity contribution is -0.119. The summed E-state index contributed by atoms with van der Waals surface area (Å²) in [6.07, 6.45) is 4.68. The number of alkyl carbamates (subject to hydrolysis) is 1. The molecule has 0 spiro atoms. The Labute approximate surface area is 176 Å². The van der Waals surface area contributed by atoms with Crippen molar-refractivity contribution >= 4 is 17.8 Å². The zero-order valence-electron chi connectivity index (χ0n) is 17.2. The number of pyridine rings is 1. The van der Waals surface area contributed by atoms with Crippen molar-refractivity contribution in [1.29, 1.82) is 0 Å². The number of aromatic nitrogens is 1. The van der Waals surface area contributed by atoms with Gasteiger partial charge in [0, 0.05) is 6.20 Å². The van der Waals surface area contributed by atoms with Gasteiger partial charge in [0.25, 0.3) is 0 Å². The molecule has 7 heteroatoms. The molecule has 30 heavy (non-hydrogen) atoms. The zero-order valence-corrected chi connectivity index (χ0v) is 17.2. The smallest absolute Gasteiger partial charge is 0.408 e. The Bertz CT molecular complexity index is 835. The number of amides is 2. The fraction of sp³-hybridized carbons (Fsp3) is 0.435. The first kappa shape index (κ1) is 21.8. The third kappa shape index (κ3) is 6.29. The van der Waals surface area contributed by atoms with E-state index in [2.05, 4.69) is 22.5 Å². The summed E-state index contributed by atoms with van der Waals surface area (Å²) in [5.41, 5.74) is 1.53. The number of aliphatic hydroxyl groups is 1. The van der Waals surface area contributed by atoms with Gasteiger partial charge in [-0.3, -0.25) is 4.79 Å². The number of carbonyl (C=O) groups excluding carboxylic acids is 2. The quantitative estimate of drug-likeness (QED) is 0.646. The molecule has 2 aromatic rings. The number of rotatable bonds is 7. The monoisotopic (exact) mass is 411 g/mol. The summed E-state index contributed by atoms with van der Waals surface area (Å²) < 4.78 is 5.33. The van der Waals surface area contributed by atoms with Gasteiger partial charge < -0.3 is 20.5 Å². The van der Waals surface area contributed by atoms with Gasteiger partial charge in [-0.2, -0.15) is 0 Å². The Morgan fingerprint density at radius 3 is 2.57 bits per heavy atom. The highest BCUT2D eigenvalue weighted by Gasteiger charge is 2.33. The van der Waals surface area contributed by atoms with E-state index in [-0.39, 0.29) is 25.0 Å². The molecule has 1 fully saturated rings. The first-order chi connectivity index (χ1) is 14.5. The maximum Gasteiger partial charge on any atom is 0.408 e. The Hall–Kier alpha value is -2.93. The van der Waals surface area contributed by atoms with Crippen LogP contribution in [0, 0.1) is 11.8 Å². The molecule has 0 bridgehead atoms. The Morgan fingerprint density at radius 2 is 1.87 bits per heavy atom. The minimum Gasteiger partial charge on any atom is -0.445 e. The van der Waals surface area contributed by atoms with Gasteiger partial charge in [0.15, 0.2) is 0 Å². The maximum absolute atomic E-state index is 13.0.